The highest BCUT2D eigenvalue weighted by molar-refractivity contribution is 5.34. The van der Waals surface area contributed by atoms with E-state index >= 15 is 0 Å². The fraction of sp³-hybridized carbons (Fsp3) is 0.600. The topological polar surface area (TPSA) is 43.5 Å². The fourth-order valence-electron chi connectivity index (χ4n) is 4.80. The van der Waals surface area contributed by atoms with Crippen molar-refractivity contribution in [2.75, 3.05) is 13.2 Å². The molecule has 0 spiro atoms. The number of benzene rings is 2. The molecule has 4 atom stereocenters. The van der Waals surface area contributed by atoms with Crippen LogP contribution in [0.1, 0.15) is 89.5 Å². The van der Waals surface area contributed by atoms with Crippen molar-refractivity contribution >= 4 is 0 Å². The molecule has 0 saturated carbocycles. The number of hydrogen-bond acceptors (Lipinski definition) is 4. The molecule has 0 aromatic heterocycles. The van der Waals surface area contributed by atoms with Gasteiger partial charge < -0.3 is 9.47 Å². The highest BCUT2D eigenvalue weighted by Crippen LogP contribution is 2.41. The Labute approximate surface area is 205 Å². The standard InChI is InChI=1S/C30H42O4/c1-19(2)21-11-9-13-23(15-21)29(5,6)27(25-17-31-25)33-34-28(26-18-32-26)30(7,8)24-14-10-12-22(16-24)20(3)4/h9-16,19-20,25-28H,17-18H2,1-8H3. The molecule has 2 aliphatic rings. The van der Waals surface area contributed by atoms with Crippen LogP contribution in [0, 0.1) is 0 Å². The molecule has 2 aromatic carbocycles. The van der Waals surface area contributed by atoms with E-state index in [-0.39, 0.29) is 35.2 Å². The van der Waals surface area contributed by atoms with Crippen molar-refractivity contribution in [3.05, 3.63) is 70.8 Å². The second-order valence-electron chi connectivity index (χ2n) is 11.8. The maximum atomic E-state index is 6.33. The lowest BCUT2D eigenvalue weighted by Gasteiger charge is -2.37. The Hall–Kier alpha value is -1.72. The first-order chi connectivity index (χ1) is 16.0. The Bertz CT molecular complexity index is 890. The molecular formula is C30H42O4. The molecule has 0 N–H and O–H groups in total. The number of ether oxygens (including phenoxy) is 2. The zero-order chi connectivity index (χ0) is 24.7. The van der Waals surface area contributed by atoms with Crippen LogP contribution in [0.2, 0.25) is 0 Å². The summed E-state index contributed by atoms with van der Waals surface area (Å²) in [4.78, 5) is 12.7. The highest BCUT2D eigenvalue weighted by Gasteiger charge is 2.50. The van der Waals surface area contributed by atoms with Crippen molar-refractivity contribution in [3.8, 4) is 0 Å². The van der Waals surface area contributed by atoms with Gasteiger partial charge in [-0.05, 0) is 34.1 Å². The van der Waals surface area contributed by atoms with Crippen molar-refractivity contribution in [1.82, 2.24) is 0 Å². The fourth-order valence-corrected chi connectivity index (χ4v) is 4.80. The summed E-state index contributed by atoms with van der Waals surface area (Å²) in [5.41, 5.74) is 4.59. The van der Waals surface area contributed by atoms with Gasteiger partial charge in [-0.1, -0.05) is 104 Å². The Balaban J connectivity index is 1.56. The molecule has 2 saturated heterocycles. The molecule has 4 nitrogen and oxygen atoms in total. The average Bonchev–Trinajstić information content (AvgIpc) is 3.71. The zero-order valence-electron chi connectivity index (χ0n) is 22.1. The summed E-state index contributed by atoms with van der Waals surface area (Å²) in [5, 5.41) is 0. The van der Waals surface area contributed by atoms with Crippen molar-refractivity contribution < 1.29 is 19.2 Å². The van der Waals surface area contributed by atoms with Crippen LogP contribution in [0.15, 0.2) is 48.5 Å². The highest BCUT2D eigenvalue weighted by atomic mass is 17.2. The molecule has 0 amide bonds. The minimum atomic E-state index is -0.275. The van der Waals surface area contributed by atoms with Crippen LogP contribution in [-0.4, -0.2) is 37.6 Å². The van der Waals surface area contributed by atoms with Gasteiger partial charge in [-0.25, -0.2) is 9.78 Å². The molecule has 2 aliphatic heterocycles. The largest absolute Gasteiger partial charge is 0.370 e. The van der Waals surface area contributed by atoms with Gasteiger partial charge in [0, 0.05) is 10.8 Å². The van der Waals surface area contributed by atoms with Gasteiger partial charge in [0.05, 0.1) is 13.2 Å². The second kappa shape index (κ2) is 9.73. The van der Waals surface area contributed by atoms with E-state index in [2.05, 4.69) is 104 Å². The summed E-state index contributed by atoms with van der Waals surface area (Å²) in [6, 6.07) is 17.6. The van der Waals surface area contributed by atoms with E-state index in [4.69, 9.17) is 19.2 Å². The SMILES string of the molecule is CC(C)c1cccc(C(C)(C)C(OOC(C2CO2)C(C)(C)c2cccc(C(C)C)c2)C2CO2)c1. The van der Waals surface area contributed by atoms with E-state index in [0.29, 0.717) is 25.0 Å². The van der Waals surface area contributed by atoms with E-state index in [0.717, 1.165) is 0 Å². The summed E-state index contributed by atoms with van der Waals surface area (Å²) in [6.07, 6.45) is -0.361. The summed E-state index contributed by atoms with van der Waals surface area (Å²) in [7, 11) is 0. The molecule has 2 heterocycles. The van der Waals surface area contributed by atoms with Gasteiger partial charge in [0.2, 0.25) is 0 Å². The van der Waals surface area contributed by atoms with Gasteiger partial charge in [0.1, 0.15) is 24.4 Å². The predicted octanol–water partition coefficient (Wildman–Crippen LogP) is 6.67. The van der Waals surface area contributed by atoms with Gasteiger partial charge in [-0.2, -0.15) is 0 Å². The zero-order valence-corrected chi connectivity index (χ0v) is 22.1. The Morgan fingerprint density at radius 1 is 0.676 bits per heavy atom. The lowest BCUT2D eigenvalue weighted by Crippen LogP contribution is -2.45. The number of hydrogen-bond donors (Lipinski definition) is 0. The molecule has 4 heteroatoms. The first kappa shape index (κ1) is 25.4. The molecule has 186 valence electrons. The van der Waals surface area contributed by atoms with E-state index in [1.165, 1.54) is 22.3 Å². The summed E-state index contributed by atoms with van der Waals surface area (Å²) in [5.74, 6) is 0.949. The Kier molecular flexibility index (Phi) is 7.26. The van der Waals surface area contributed by atoms with Gasteiger partial charge in [0.15, 0.2) is 0 Å². The van der Waals surface area contributed by atoms with Crippen LogP contribution in [0.3, 0.4) is 0 Å². The Morgan fingerprint density at radius 3 is 1.32 bits per heavy atom. The van der Waals surface area contributed by atoms with Crippen LogP contribution in [0.25, 0.3) is 0 Å². The third-order valence-electron chi connectivity index (χ3n) is 7.67. The molecule has 2 aromatic rings. The first-order valence-corrected chi connectivity index (χ1v) is 12.8. The summed E-state index contributed by atoms with van der Waals surface area (Å²) < 4.78 is 11.5. The molecule has 4 unspecified atom stereocenters. The average molecular weight is 467 g/mol. The number of epoxide rings is 2. The quantitative estimate of drug-likeness (QED) is 0.211. The van der Waals surface area contributed by atoms with Crippen LogP contribution in [0.5, 0.6) is 0 Å². The molecule has 4 rings (SSSR count). The van der Waals surface area contributed by atoms with Crippen molar-refractivity contribution in [3.63, 3.8) is 0 Å². The molecule has 2 fully saturated rings. The minimum absolute atomic E-state index is 0.0332. The lowest BCUT2D eigenvalue weighted by atomic mass is 9.76. The molecule has 34 heavy (non-hydrogen) atoms. The molecular weight excluding hydrogens is 424 g/mol. The monoisotopic (exact) mass is 466 g/mol. The maximum Gasteiger partial charge on any atom is 0.130 e. The van der Waals surface area contributed by atoms with Gasteiger partial charge in [0.25, 0.3) is 0 Å². The third-order valence-corrected chi connectivity index (χ3v) is 7.67. The van der Waals surface area contributed by atoms with Crippen LogP contribution in [-0.2, 0) is 30.1 Å². The molecule has 0 radical (unpaired) electrons. The van der Waals surface area contributed by atoms with Gasteiger partial charge in [-0.3, -0.25) is 0 Å². The van der Waals surface area contributed by atoms with Crippen molar-refractivity contribution in [2.24, 2.45) is 0 Å². The lowest BCUT2D eigenvalue weighted by molar-refractivity contribution is -0.373. The van der Waals surface area contributed by atoms with Crippen LogP contribution < -0.4 is 0 Å². The smallest absolute Gasteiger partial charge is 0.130 e. The van der Waals surface area contributed by atoms with Crippen LogP contribution >= 0.6 is 0 Å². The van der Waals surface area contributed by atoms with Gasteiger partial charge >= 0.3 is 0 Å². The minimum Gasteiger partial charge on any atom is -0.370 e. The van der Waals surface area contributed by atoms with Gasteiger partial charge in [-0.15, -0.1) is 0 Å². The maximum absolute atomic E-state index is 6.33. The van der Waals surface area contributed by atoms with E-state index in [1.54, 1.807) is 0 Å². The normalized spacial score (nSPS) is 22.2. The van der Waals surface area contributed by atoms with E-state index in [9.17, 15) is 0 Å². The van der Waals surface area contributed by atoms with Crippen molar-refractivity contribution in [2.45, 2.75) is 102 Å². The third kappa shape index (κ3) is 5.41. The van der Waals surface area contributed by atoms with E-state index in [1.807, 2.05) is 0 Å². The first-order valence-electron chi connectivity index (χ1n) is 12.8. The predicted molar refractivity (Wildman–Crippen MR) is 136 cm³/mol. The molecule has 0 bridgehead atoms. The summed E-state index contributed by atoms with van der Waals surface area (Å²) >= 11 is 0. The number of rotatable bonds is 11. The van der Waals surface area contributed by atoms with Crippen molar-refractivity contribution in [1.29, 1.82) is 0 Å². The van der Waals surface area contributed by atoms with Crippen LogP contribution in [0.4, 0.5) is 0 Å². The Morgan fingerprint density at radius 2 is 1.03 bits per heavy atom. The molecule has 0 aliphatic carbocycles. The summed E-state index contributed by atoms with van der Waals surface area (Å²) in [6.45, 7) is 19.2. The van der Waals surface area contributed by atoms with E-state index < -0.39 is 0 Å². The second-order valence-corrected chi connectivity index (χ2v) is 11.8.